The summed E-state index contributed by atoms with van der Waals surface area (Å²) in [4.78, 5) is 0. The van der Waals surface area contributed by atoms with Crippen LogP contribution in [0.3, 0.4) is 0 Å². The second-order valence-corrected chi connectivity index (χ2v) is 6.32. The molecule has 0 heterocycles. The molecule has 0 amide bonds. The molecule has 0 fully saturated rings. The fourth-order valence-corrected chi connectivity index (χ4v) is 2.83. The van der Waals surface area contributed by atoms with Crippen LogP contribution in [0.4, 0.5) is 0 Å². The van der Waals surface area contributed by atoms with Crippen LogP contribution >= 0.6 is 0 Å². The summed E-state index contributed by atoms with van der Waals surface area (Å²) in [6.45, 7) is 8.55. The van der Waals surface area contributed by atoms with Crippen molar-refractivity contribution < 1.29 is 14.9 Å². The summed E-state index contributed by atoms with van der Waals surface area (Å²) in [6.07, 6.45) is 6.94. The maximum atomic E-state index is 10.1. The summed E-state index contributed by atoms with van der Waals surface area (Å²) < 4.78 is 5.66. The van der Waals surface area contributed by atoms with Gasteiger partial charge < -0.3 is 14.9 Å². The number of ether oxygens (including phenoxy) is 1. The minimum Gasteiger partial charge on any atom is -0.390 e. The molecule has 0 aromatic carbocycles. The highest BCUT2D eigenvalue weighted by Gasteiger charge is 2.34. The van der Waals surface area contributed by atoms with Gasteiger partial charge >= 0.3 is 0 Å². The lowest BCUT2D eigenvalue weighted by molar-refractivity contribution is -0.0691. The summed E-state index contributed by atoms with van der Waals surface area (Å²) >= 11 is 0. The van der Waals surface area contributed by atoms with Crippen LogP contribution in [0.25, 0.3) is 0 Å². The van der Waals surface area contributed by atoms with Crippen molar-refractivity contribution in [2.45, 2.75) is 97.4 Å². The molecule has 0 aliphatic heterocycles. The molecule has 0 aliphatic carbocycles. The van der Waals surface area contributed by atoms with Crippen molar-refractivity contribution in [2.24, 2.45) is 5.41 Å². The molecule has 0 aromatic rings. The number of aliphatic hydroxyl groups excluding tert-OH is 2. The molecule has 0 aliphatic rings. The van der Waals surface area contributed by atoms with E-state index in [0.29, 0.717) is 12.8 Å². The number of methoxy groups -OCH3 is 1. The second kappa shape index (κ2) is 10.6. The van der Waals surface area contributed by atoms with Crippen molar-refractivity contribution in [3.8, 4) is 0 Å². The second-order valence-electron chi connectivity index (χ2n) is 6.32. The minimum absolute atomic E-state index is 0.00493. The fourth-order valence-electron chi connectivity index (χ4n) is 2.83. The van der Waals surface area contributed by atoms with E-state index in [4.69, 9.17) is 4.74 Å². The molecule has 3 nitrogen and oxygen atoms in total. The average molecular weight is 288 g/mol. The number of hydrogen-bond acceptors (Lipinski definition) is 3. The zero-order valence-corrected chi connectivity index (χ0v) is 14.2. The largest absolute Gasteiger partial charge is 0.390 e. The molecule has 0 spiro atoms. The topological polar surface area (TPSA) is 49.7 Å². The number of rotatable bonds is 12. The number of hydrogen-bond donors (Lipinski definition) is 2. The molecule has 0 saturated heterocycles. The molecule has 0 saturated carbocycles. The third kappa shape index (κ3) is 6.55. The molecule has 0 radical (unpaired) electrons. The highest BCUT2D eigenvalue weighted by Crippen LogP contribution is 2.36. The Hall–Kier alpha value is -0.120. The fraction of sp³-hybridized carbons (Fsp3) is 1.00. The molecule has 4 atom stereocenters. The first-order valence-corrected chi connectivity index (χ1v) is 8.34. The van der Waals surface area contributed by atoms with E-state index in [1.165, 1.54) is 25.7 Å². The predicted molar refractivity (Wildman–Crippen MR) is 84.9 cm³/mol. The van der Waals surface area contributed by atoms with Crippen molar-refractivity contribution in [1.29, 1.82) is 0 Å². The molecule has 0 rings (SSSR count). The average Bonchev–Trinajstić information content (AvgIpc) is 2.47. The Morgan fingerprint density at radius 3 is 2.10 bits per heavy atom. The highest BCUT2D eigenvalue weighted by molar-refractivity contribution is 4.85. The van der Waals surface area contributed by atoms with Crippen LogP contribution in [0.2, 0.25) is 0 Å². The molecule has 4 unspecified atom stereocenters. The van der Waals surface area contributed by atoms with Gasteiger partial charge in [0.25, 0.3) is 0 Å². The monoisotopic (exact) mass is 288 g/mol. The zero-order chi connectivity index (χ0) is 15.6. The normalized spacial score (nSPS) is 19.4. The quantitative estimate of drug-likeness (QED) is 0.535. The summed E-state index contributed by atoms with van der Waals surface area (Å²) in [5.74, 6) is 0. The molecule has 122 valence electrons. The summed E-state index contributed by atoms with van der Waals surface area (Å²) in [5.41, 5.74) is 0.0803. The van der Waals surface area contributed by atoms with Crippen molar-refractivity contribution in [2.75, 3.05) is 7.11 Å². The molecule has 20 heavy (non-hydrogen) atoms. The third-order valence-electron chi connectivity index (χ3n) is 4.79. The third-order valence-corrected chi connectivity index (χ3v) is 4.79. The van der Waals surface area contributed by atoms with Gasteiger partial charge in [0.2, 0.25) is 0 Å². The standard InChI is InChI=1S/C17H36O3/c1-6-9-10-11-12-17(4,8-3)16(20-5)13-15(19)14(18)7-2/h14-16,18-19H,6-13H2,1-5H3. The van der Waals surface area contributed by atoms with Crippen molar-refractivity contribution in [1.82, 2.24) is 0 Å². The Kier molecular flexibility index (Phi) is 10.5. The first-order chi connectivity index (χ1) is 9.45. The van der Waals surface area contributed by atoms with E-state index in [1.807, 2.05) is 6.92 Å². The molecular formula is C17H36O3. The van der Waals surface area contributed by atoms with E-state index in [2.05, 4.69) is 20.8 Å². The van der Waals surface area contributed by atoms with Crippen LogP contribution in [-0.4, -0.2) is 35.6 Å². The van der Waals surface area contributed by atoms with Crippen LogP contribution in [0.5, 0.6) is 0 Å². The predicted octanol–water partition coefficient (Wildman–Crippen LogP) is 3.91. The summed E-state index contributed by atoms with van der Waals surface area (Å²) in [5, 5.41) is 19.8. The molecule has 2 N–H and O–H groups in total. The van der Waals surface area contributed by atoms with Crippen LogP contribution in [0, 0.1) is 5.41 Å². The lowest BCUT2D eigenvalue weighted by atomic mass is 9.74. The van der Waals surface area contributed by atoms with Crippen LogP contribution < -0.4 is 0 Å². The molecule has 0 bridgehead atoms. The van der Waals surface area contributed by atoms with Crippen molar-refractivity contribution in [3.63, 3.8) is 0 Å². The van der Waals surface area contributed by atoms with Gasteiger partial charge in [0.05, 0.1) is 18.3 Å². The number of unbranched alkanes of at least 4 members (excludes halogenated alkanes) is 3. The van der Waals surface area contributed by atoms with Crippen LogP contribution in [0.15, 0.2) is 0 Å². The van der Waals surface area contributed by atoms with Gasteiger partial charge in [0.1, 0.15) is 0 Å². The Morgan fingerprint density at radius 1 is 1.00 bits per heavy atom. The van der Waals surface area contributed by atoms with E-state index in [1.54, 1.807) is 7.11 Å². The first-order valence-electron chi connectivity index (χ1n) is 8.34. The van der Waals surface area contributed by atoms with Gasteiger partial charge in [-0.05, 0) is 24.7 Å². The van der Waals surface area contributed by atoms with Gasteiger partial charge in [-0.15, -0.1) is 0 Å². The van der Waals surface area contributed by atoms with E-state index < -0.39 is 12.2 Å². The molecular weight excluding hydrogens is 252 g/mol. The number of aliphatic hydroxyl groups is 2. The maximum Gasteiger partial charge on any atom is 0.0823 e. The minimum atomic E-state index is -0.688. The lowest BCUT2D eigenvalue weighted by Crippen LogP contribution is -2.39. The molecule has 0 aromatic heterocycles. The maximum absolute atomic E-state index is 10.1. The van der Waals surface area contributed by atoms with E-state index >= 15 is 0 Å². The van der Waals surface area contributed by atoms with Crippen molar-refractivity contribution >= 4 is 0 Å². The van der Waals surface area contributed by atoms with Gasteiger partial charge in [-0.3, -0.25) is 0 Å². The Morgan fingerprint density at radius 2 is 1.65 bits per heavy atom. The van der Waals surface area contributed by atoms with Gasteiger partial charge in [0.15, 0.2) is 0 Å². The summed E-state index contributed by atoms with van der Waals surface area (Å²) in [6, 6.07) is 0. The first kappa shape index (κ1) is 19.9. The summed E-state index contributed by atoms with van der Waals surface area (Å²) in [7, 11) is 1.72. The highest BCUT2D eigenvalue weighted by atomic mass is 16.5. The lowest BCUT2D eigenvalue weighted by Gasteiger charge is -2.38. The Bertz CT molecular complexity index is 232. The van der Waals surface area contributed by atoms with Crippen LogP contribution in [-0.2, 0) is 4.74 Å². The van der Waals surface area contributed by atoms with Gasteiger partial charge in [-0.2, -0.15) is 0 Å². The molecule has 3 heteroatoms. The Labute approximate surface area is 125 Å². The van der Waals surface area contributed by atoms with E-state index in [-0.39, 0.29) is 11.5 Å². The van der Waals surface area contributed by atoms with Gasteiger partial charge in [-0.1, -0.05) is 53.4 Å². The van der Waals surface area contributed by atoms with Gasteiger partial charge in [-0.25, -0.2) is 0 Å². The van der Waals surface area contributed by atoms with Crippen LogP contribution in [0.1, 0.15) is 79.1 Å². The van der Waals surface area contributed by atoms with E-state index in [9.17, 15) is 10.2 Å². The smallest absolute Gasteiger partial charge is 0.0823 e. The SMILES string of the molecule is CCCCCCC(C)(CC)C(CC(O)C(O)CC)OC. The van der Waals surface area contributed by atoms with Crippen molar-refractivity contribution in [3.05, 3.63) is 0 Å². The van der Waals surface area contributed by atoms with Gasteiger partial charge in [0, 0.05) is 13.5 Å². The zero-order valence-electron chi connectivity index (χ0n) is 14.2. The van der Waals surface area contributed by atoms with E-state index in [0.717, 1.165) is 12.8 Å². The Balaban J connectivity index is 4.52.